The minimum absolute atomic E-state index is 0.0548. The second kappa shape index (κ2) is 10.5. The van der Waals surface area contributed by atoms with Crippen molar-refractivity contribution in [1.29, 1.82) is 0 Å². The standard InChI is InChI=1S/C24H28FN3O2S/c1-3-4-5-8-23(19-7-6-16-26-18-19)24-14-11-21(28(24)2)15-17-27-31(29,30)22-12-9-20(25)10-13-22/h6-14,16,18,27H,3-5,15,17H2,1-2H3. The highest BCUT2D eigenvalue weighted by Crippen LogP contribution is 2.25. The lowest BCUT2D eigenvalue weighted by molar-refractivity contribution is 0.579. The monoisotopic (exact) mass is 441 g/mol. The molecule has 3 aromatic rings. The van der Waals surface area contributed by atoms with Crippen molar-refractivity contribution in [3.63, 3.8) is 0 Å². The summed E-state index contributed by atoms with van der Waals surface area (Å²) in [6, 6.07) is 12.9. The molecule has 0 saturated heterocycles. The lowest BCUT2D eigenvalue weighted by Gasteiger charge is -2.12. The van der Waals surface area contributed by atoms with Gasteiger partial charge in [-0.3, -0.25) is 4.98 Å². The highest BCUT2D eigenvalue weighted by Gasteiger charge is 2.15. The van der Waals surface area contributed by atoms with Crippen LogP contribution in [0.3, 0.4) is 0 Å². The van der Waals surface area contributed by atoms with Gasteiger partial charge in [0.25, 0.3) is 0 Å². The Balaban J connectivity index is 1.74. The van der Waals surface area contributed by atoms with Crippen LogP contribution >= 0.6 is 0 Å². The number of sulfonamides is 1. The van der Waals surface area contributed by atoms with Crippen LogP contribution < -0.4 is 4.72 Å². The summed E-state index contributed by atoms with van der Waals surface area (Å²) in [5.74, 6) is -0.466. The molecule has 7 heteroatoms. The first-order valence-corrected chi connectivity index (χ1v) is 11.9. The zero-order chi connectivity index (χ0) is 22.3. The number of rotatable bonds is 10. The van der Waals surface area contributed by atoms with E-state index in [4.69, 9.17) is 0 Å². The van der Waals surface area contributed by atoms with E-state index >= 15 is 0 Å². The summed E-state index contributed by atoms with van der Waals surface area (Å²) in [6.45, 7) is 2.42. The lowest BCUT2D eigenvalue weighted by atomic mass is 10.0. The second-order valence-electron chi connectivity index (χ2n) is 7.37. The number of nitrogens with zero attached hydrogens (tertiary/aromatic N) is 2. The summed E-state index contributed by atoms with van der Waals surface area (Å²) in [4.78, 5) is 4.31. The highest BCUT2D eigenvalue weighted by atomic mass is 32.2. The Morgan fingerprint density at radius 2 is 1.94 bits per heavy atom. The predicted molar refractivity (Wildman–Crippen MR) is 122 cm³/mol. The van der Waals surface area contributed by atoms with Crippen LogP contribution in [-0.4, -0.2) is 24.5 Å². The van der Waals surface area contributed by atoms with Gasteiger partial charge in [-0.15, -0.1) is 0 Å². The van der Waals surface area contributed by atoms with E-state index in [2.05, 4.69) is 33.3 Å². The fraction of sp³-hybridized carbons (Fsp3) is 0.292. The zero-order valence-electron chi connectivity index (χ0n) is 17.9. The Morgan fingerprint density at radius 3 is 2.61 bits per heavy atom. The van der Waals surface area contributed by atoms with E-state index in [1.54, 1.807) is 6.20 Å². The van der Waals surface area contributed by atoms with Gasteiger partial charge in [0.05, 0.1) is 4.90 Å². The zero-order valence-corrected chi connectivity index (χ0v) is 18.7. The van der Waals surface area contributed by atoms with E-state index in [1.807, 2.05) is 31.4 Å². The molecular formula is C24H28FN3O2S. The van der Waals surface area contributed by atoms with Crippen molar-refractivity contribution < 1.29 is 12.8 Å². The van der Waals surface area contributed by atoms with E-state index in [0.29, 0.717) is 6.42 Å². The smallest absolute Gasteiger partial charge is 0.240 e. The molecule has 0 saturated carbocycles. The Kier molecular flexibility index (Phi) is 7.76. The molecule has 0 bridgehead atoms. The number of hydrogen-bond acceptors (Lipinski definition) is 3. The topological polar surface area (TPSA) is 64.0 Å². The van der Waals surface area contributed by atoms with Gasteiger partial charge in [-0.2, -0.15) is 0 Å². The van der Waals surface area contributed by atoms with Crippen LogP contribution in [0.25, 0.3) is 5.57 Å². The molecule has 0 atom stereocenters. The van der Waals surface area contributed by atoms with Crippen LogP contribution in [0.2, 0.25) is 0 Å². The maximum Gasteiger partial charge on any atom is 0.240 e. The SMILES string of the molecule is CCCCC=C(c1cccnc1)c1ccc(CCNS(=O)(=O)c2ccc(F)cc2)n1C. The maximum absolute atomic E-state index is 13.1. The fourth-order valence-electron chi connectivity index (χ4n) is 3.43. The summed E-state index contributed by atoms with van der Waals surface area (Å²) in [5.41, 5.74) is 4.27. The number of pyridine rings is 1. The van der Waals surface area contributed by atoms with Crippen molar-refractivity contribution in [2.24, 2.45) is 7.05 Å². The fourth-order valence-corrected chi connectivity index (χ4v) is 4.46. The minimum Gasteiger partial charge on any atom is -0.348 e. The molecule has 1 aromatic carbocycles. The van der Waals surface area contributed by atoms with E-state index < -0.39 is 15.8 Å². The average Bonchev–Trinajstić information content (AvgIpc) is 3.12. The van der Waals surface area contributed by atoms with Crippen molar-refractivity contribution in [1.82, 2.24) is 14.3 Å². The average molecular weight is 442 g/mol. The number of hydrogen-bond donors (Lipinski definition) is 1. The van der Waals surface area contributed by atoms with Gasteiger partial charge in [-0.05, 0) is 48.9 Å². The molecule has 0 aliphatic heterocycles. The van der Waals surface area contributed by atoms with Crippen molar-refractivity contribution in [3.05, 3.63) is 89.8 Å². The first kappa shape index (κ1) is 22.9. The van der Waals surface area contributed by atoms with Crippen LogP contribution in [-0.2, 0) is 23.5 Å². The van der Waals surface area contributed by atoms with Crippen LogP contribution in [0.1, 0.15) is 43.1 Å². The van der Waals surface area contributed by atoms with Crippen molar-refractivity contribution in [2.75, 3.05) is 6.54 Å². The molecule has 3 rings (SSSR count). The van der Waals surface area contributed by atoms with Gasteiger partial charge in [0.15, 0.2) is 0 Å². The van der Waals surface area contributed by atoms with Crippen molar-refractivity contribution >= 4 is 15.6 Å². The van der Waals surface area contributed by atoms with Crippen LogP contribution in [0, 0.1) is 5.82 Å². The molecule has 0 aliphatic carbocycles. The molecule has 31 heavy (non-hydrogen) atoms. The summed E-state index contributed by atoms with van der Waals surface area (Å²) >= 11 is 0. The van der Waals surface area contributed by atoms with Crippen LogP contribution in [0.15, 0.2) is 71.9 Å². The number of allylic oxidation sites excluding steroid dienone is 1. The molecule has 164 valence electrons. The van der Waals surface area contributed by atoms with Crippen molar-refractivity contribution in [3.8, 4) is 0 Å². The minimum atomic E-state index is -3.67. The molecule has 0 fully saturated rings. The number of benzene rings is 1. The van der Waals surface area contributed by atoms with E-state index in [0.717, 1.165) is 53.9 Å². The van der Waals surface area contributed by atoms with Crippen LogP contribution in [0.5, 0.6) is 0 Å². The normalized spacial score (nSPS) is 12.3. The third-order valence-electron chi connectivity index (χ3n) is 5.18. The number of nitrogens with one attached hydrogen (secondary N) is 1. The van der Waals surface area contributed by atoms with E-state index in [1.165, 1.54) is 12.1 Å². The van der Waals surface area contributed by atoms with Crippen molar-refractivity contribution in [2.45, 2.75) is 37.5 Å². The molecule has 0 amide bonds. The number of unbranched alkanes of at least 4 members (excludes halogenated alkanes) is 2. The van der Waals surface area contributed by atoms with E-state index in [-0.39, 0.29) is 11.4 Å². The number of aromatic nitrogens is 2. The second-order valence-corrected chi connectivity index (χ2v) is 9.14. The molecule has 1 N–H and O–H groups in total. The molecule has 5 nitrogen and oxygen atoms in total. The molecule has 0 aliphatic rings. The summed E-state index contributed by atoms with van der Waals surface area (Å²) in [6.07, 6.45) is 9.63. The van der Waals surface area contributed by atoms with Gasteiger partial charge in [0.2, 0.25) is 10.0 Å². The van der Waals surface area contributed by atoms with Gasteiger partial charge in [0, 0.05) is 54.9 Å². The van der Waals surface area contributed by atoms with Crippen LogP contribution in [0.4, 0.5) is 4.39 Å². The van der Waals surface area contributed by atoms with Gasteiger partial charge in [-0.25, -0.2) is 17.5 Å². The predicted octanol–water partition coefficient (Wildman–Crippen LogP) is 4.70. The summed E-state index contributed by atoms with van der Waals surface area (Å²) in [7, 11) is -1.68. The Bertz CT molecular complexity index is 1120. The van der Waals surface area contributed by atoms with Gasteiger partial charge in [-0.1, -0.05) is 31.9 Å². The molecule has 2 aromatic heterocycles. The van der Waals surface area contributed by atoms with Gasteiger partial charge < -0.3 is 4.57 Å². The Morgan fingerprint density at radius 1 is 1.16 bits per heavy atom. The quantitative estimate of drug-likeness (QED) is 0.464. The molecule has 0 spiro atoms. The molecule has 0 radical (unpaired) electrons. The highest BCUT2D eigenvalue weighted by molar-refractivity contribution is 7.89. The first-order chi connectivity index (χ1) is 14.9. The van der Waals surface area contributed by atoms with Gasteiger partial charge in [0.1, 0.15) is 5.82 Å². The molecular weight excluding hydrogens is 413 g/mol. The number of halogens is 1. The maximum atomic E-state index is 13.1. The largest absolute Gasteiger partial charge is 0.348 e. The summed E-state index contributed by atoms with van der Waals surface area (Å²) in [5, 5.41) is 0. The molecule has 2 heterocycles. The van der Waals surface area contributed by atoms with Gasteiger partial charge >= 0.3 is 0 Å². The molecule has 0 unspecified atom stereocenters. The third kappa shape index (κ3) is 5.89. The van der Waals surface area contributed by atoms with E-state index in [9.17, 15) is 12.8 Å². The first-order valence-electron chi connectivity index (χ1n) is 10.4. The Hall–Kier alpha value is -2.77. The third-order valence-corrected chi connectivity index (χ3v) is 6.65. The Labute approximate surface area is 183 Å². The summed E-state index contributed by atoms with van der Waals surface area (Å²) < 4.78 is 42.6. The lowest BCUT2D eigenvalue weighted by Crippen LogP contribution is -2.26.